The molecule has 2 aromatic heterocycles. The number of carbonyl (C=O) groups is 1. The number of ether oxygens (including phenoxy) is 1. The number of pyridine rings is 1. The summed E-state index contributed by atoms with van der Waals surface area (Å²) in [4.78, 5) is 19.6. The fraction of sp³-hybridized carbons (Fsp3) is 0.429. The summed E-state index contributed by atoms with van der Waals surface area (Å²) in [6.45, 7) is -0.115. The highest BCUT2D eigenvalue weighted by atomic mass is 19.4. The first-order valence-electron chi connectivity index (χ1n) is 12.7. The molecule has 1 aliphatic rings. The second-order valence-corrected chi connectivity index (χ2v) is 9.91. The average Bonchev–Trinajstić information content (AvgIpc) is 3.24. The van der Waals surface area contributed by atoms with Gasteiger partial charge in [-0.05, 0) is 37.6 Å². The van der Waals surface area contributed by atoms with E-state index in [4.69, 9.17) is 4.74 Å². The van der Waals surface area contributed by atoms with E-state index in [1.165, 1.54) is 24.3 Å². The molecule has 4 rings (SSSR count). The highest BCUT2D eigenvalue weighted by Gasteiger charge is 2.31. The van der Waals surface area contributed by atoms with Crippen molar-refractivity contribution in [3.05, 3.63) is 47.9 Å². The number of amides is 1. The third kappa shape index (κ3) is 6.77. The van der Waals surface area contributed by atoms with Crippen LogP contribution in [0.15, 0.2) is 36.5 Å². The minimum absolute atomic E-state index is 0.0801. The van der Waals surface area contributed by atoms with Gasteiger partial charge < -0.3 is 29.7 Å². The Hall–Kier alpha value is -3.98. The van der Waals surface area contributed by atoms with Crippen LogP contribution in [0.1, 0.15) is 22.6 Å². The lowest BCUT2D eigenvalue weighted by Gasteiger charge is -2.33. The second kappa shape index (κ2) is 12.0. The third-order valence-electron chi connectivity index (χ3n) is 6.66. The normalized spacial score (nSPS) is 17.7. The summed E-state index contributed by atoms with van der Waals surface area (Å²) in [6, 6.07) is 7.66. The molecular formula is C28H32F4N6O2. The molecule has 2 N–H and O–H groups in total. The van der Waals surface area contributed by atoms with Crippen LogP contribution in [-0.2, 0) is 6.54 Å². The van der Waals surface area contributed by atoms with E-state index in [0.717, 1.165) is 11.1 Å². The average molecular weight is 561 g/mol. The van der Waals surface area contributed by atoms with E-state index in [0.29, 0.717) is 41.0 Å². The van der Waals surface area contributed by atoms with Gasteiger partial charge in [0.1, 0.15) is 24.2 Å². The van der Waals surface area contributed by atoms with Gasteiger partial charge in [0.05, 0.1) is 42.8 Å². The molecule has 214 valence electrons. The van der Waals surface area contributed by atoms with Crippen molar-refractivity contribution in [3.8, 4) is 17.6 Å². The monoisotopic (exact) mass is 560 g/mol. The molecule has 1 saturated heterocycles. The van der Waals surface area contributed by atoms with Crippen LogP contribution in [-0.4, -0.2) is 91.5 Å². The van der Waals surface area contributed by atoms with Crippen LogP contribution in [0.5, 0.6) is 5.75 Å². The number of hydrogen-bond acceptors (Lipinski definition) is 6. The molecule has 0 saturated carbocycles. The first-order chi connectivity index (χ1) is 19.0. The molecule has 1 aromatic carbocycles. The van der Waals surface area contributed by atoms with Gasteiger partial charge >= 0.3 is 6.18 Å². The zero-order valence-corrected chi connectivity index (χ0v) is 22.8. The Balaban J connectivity index is 1.59. The number of carbonyl (C=O) groups excluding carboxylic acids is 1. The minimum Gasteiger partial charge on any atom is -0.494 e. The lowest BCUT2D eigenvalue weighted by Crippen LogP contribution is -2.46. The van der Waals surface area contributed by atoms with Crippen LogP contribution in [0.3, 0.4) is 0 Å². The lowest BCUT2D eigenvalue weighted by atomic mass is 10.0. The molecule has 40 heavy (non-hydrogen) atoms. The Bertz CT molecular complexity index is 1430. The van der Waals surface area contributed by atoms with Gasteiger partial charge in [0.15, 0.2) is 0 Å². The first kappa shape index (κ1) is 29.0. The standard InChI is InChI=1S/C28H32F4N6O2/c1-36(2)27(39)23-14-26(40-4)24(15-34-23)33-11-6-7-18-13-19-21(35-22-10-12-37(3)16-20(22)29)8-5-9-25(19)38(18)17-28(30,31)32/h5,8-9,13-15,20,22,33,35H,10-12,16-17H2,1-4H3/t20-,22+/m0/s1. The largest absolute Gasteiger partial charge is 0.494 e. The van der Waals surface area contributed by atoms with Crippen LogP contribution < -0.4 is 15.4 Å². The van der Waals surface area contributed by atoms with E-state index in [1.54, 1.807) is 38.4 Å². The highest BCUT2D eigenvalue weighted by Crippen LogP contribution is 2.31. The SMILES string of the molecule is COc1cc(C(=O)N(C)C)ncc1NCC#Cc1cc2c(N[C@@H]3CCN(C)C[C@@H]3F)cccc2n1CC(F)(F)F. The predicted octanol–water partition coefficient (Wildman–Crippen LogP) is 4.23. The van der Waals surface area contributed by atoms with Crippen molar-refractivity contribution < 1.29 is 27.1 Å². The summed E-state index contributed by atoms with van der Waals surface area (Å²) in [5, 5.41) is 6.79. The maximum absolute atomic E-state index is 14.7. The Labute approximate surface area is 230 Å². The van der Waals surface area contributed by atoms with Crippen LogP contribution in [0.4, 0.5) is 28.9 Å². The number of rotatable bonds is 7. The van der Waals surface area contributed by atoms with Gasteiger partial charge in [0.2, 0.25) is 0 Å². The van der Waals surface area contributed by atoms with Gasteiger partial charge in [-0.25, -0.2) is 9.37 Å². The number of benzene rings is 1. The number of halogens is 4. The van der Waals surface area contributed by atoms with Crippen LogP contribution >= 0.6 is 0 Å². The quantitative estimate of drug-likeness (QED) is 0.333. The van der Waals surface area contributed by atoms with Crippen molar-refractivity contribution in [3.63, 3.8) is 0 Å². The number of nitrogens with zero attached hydrogens (tertiary/aromatic N) is 4. The van der Waals surface area contributed by atoms with Gasteiger partial charge in [0.25, 0.3) is 5.91 Å². The topological polar surface area (TPSA) is 74.7 Å². The minimum atomic E-state index is -4.47. The van der Waals surface area contributed by atoms with Gasteiger partial charge in [-0.1, -0.05) is 12.0 Å². The summed E-state index contributed by atoms with van der Waals surface area (Å²) >= 11 is 0. The smallest absolute Gasteiger partial charge is 0.406 e. The lowest BCUT2D eigenvalue weighted by molar-refractivity contribution is -0.140. The van der Waals surface area contributed by atoms with Gasteiger partial charge in [-0.2, -0.15) is 13.2 Å². The van der Waals surface area contributed by atoms with E-state index in [2.05, 4.69) is 27.5 Å². The molecule has 12 heteroatoms. The number of piperidine rings is 1. The molecular weight excluding hydrogens is 528 g/mol. The molecule has 0 spiro atoms. The Morgan fingerprint density at radius 3 is 2.70 bits per heavy atom. The molecule has 0 aliphatic carbocycles. The van der Waals surface area contributed by atoms with E-state index in [9.17, 15) is 22.4 Å². The molecule has 2 atom stereocenters. The Morgan fingerprint density at radius 1 is 1.25 bits per heavy atom. The molecule has 0 radical (unpaired) electrons. The number of fused-ring (bicyclic) bond motifs is 1. The molecule has 8 nitrogen and oxygen atoms in total. The Morgan fingerprint density at radius 2 is 2.02 bits per heavy atom. The number of anilines is 2. The first-order valence-corrected chi connectivity index (χ1v) is 12.7. The molecule has 0 bridgehead atoms. The summed E-state index contributed by atoms with van der Waals surface area (Å²) in [5.74, 6) is 5.80. The molecule has 1 aliphatic heterocycles. The summed E-state index contributed by atoms with van der Waals surface area (Å²) in [6.07, 6.45) is -3.54. The number of likely N-dealkylation sites (tertiary alicyclic amines) is 1. The highest BCUT2D eigenvalue weighted by molar-refractivity contribution is 5.94. The molecule has 1 amide bonds. The van der Waals surface area contributed by atoms with E-state index in [-0.39, 0.29) is 23.8 Å². The molecule has 1 fully saturated rings. The van der Waals surface area contributed by atoms with E-state index in [1.807, 2.05) is 11.9 Å². The van der Waals surface area contributed by atoms with Crippen molar-refractivity contribution in [2.75, 3.05) is 58.5 Å². The molecule has 3 aromatic rings. The predicted molar refractivity (Wildman–Crippen MR) is 147 cm³/mol. The number of aromatic nitrogens is 2. The fourth-order valence-electron chi connectivity index (χ4n) is 4.64. The van der Waals surface area contributed by atoms with Crippen molar-refractivity contribution in [2.45, 2.75) is 31.4 Å². The molecule has 0 unspecified atom stereocenters. The number of nitrogens with one attached hydrogen (secondary N) is 2. The van der Waals surface area contributed by atoms with Gasteiger partial charge in [0, 0.05) is 44.3 Å². The fourth-order valence-corrected chi connectivity index (χ4v) is 4.64. The second-order valence-electron chi connectivity index (χ2n) is 9.91. The number of alkyl halides is 4. The summed E-state index contributed by atoms with van der Waals surface area (Å²) in [7, 11) is 6.53. The maximum Gasteiger partial charge on any atom is 0.406 e. The number of hydrogen-bond donors (Lipinski definition) is 2. The van der Waals surface area contributed by atoms with Crippen LogP contribution in [0, 0.1) is 11.8 Å². The maximum atomic E-state index is 14.7. The summed E-state index contributed by atoms with van der Waals surface area (Å²) < 4.78 is 61.7. The molecule has 3 heterocycles. The zero-order valence-electron chi connectivity index (χ0n) is 22.8. The van der Waals surface area contributed by atoms with Crippen molar-refractivity contribution in [1.82, 2.24) is 19.4 Å². The van der Waals surface area contributed by atoms with Crippen molar-refractivity contribution in [1.29, 1.82) is 0 Å². The van der Waals surface area contributed by atoms with E-state index < -0.39 is 24.9 Å². The van der Waals surface area contributed by atoms with Crippen molar-refractivity contribution >= 4 is 28.2 Å². The van der Waals surface area contributed by atoms with Crippen molar-refractivity contribution in [2.24, 2.45) is 0 Å². The zero-order chi connectivity index (χ0) is 29.0. The van der Waals surface area contributed by atoms with Gasteiger partial charge in [-0.3, -0.25) is 4.79 Å². The van der Waals surface area contributed by atoms with E-state index >= 15 is 0 Å². The van der Waals surface area contributed by atoms with Gasteiger partial charge in [-0.15, -0.1) is 0 Å². The number of methoxy groups -OCH3 is 1. The van der Waals surface area contributed by atoms with Crippen LogP contribution in [0.25, 0.3) is 10.9 Å². The third-order valence-corrected chi connectivity index (χ3v) is 6.66. The Kier molecular flexibility index (Phi) is 8.73. The summed E-state index contributed by atoms with van der Waals surface area (Å²) in [5.41, 5.74) is 1.79. The van der Waals surface area contributed by atoms with Crippen LogP contribution in [0.2, 0.25) is 0 Å².